The van der Waals surface area contributed by atoms with Crippen molar-refractivity contribution >= 4 is 0 Å². The monoisotopic (exact) mass is 222 g/mol. The number of rotatable bonds is 3. The quantitative estimate of drug-likeness (QED) is 0.849. The zero-order valence-corrected chi connectivity index (χ0v) is 9.75. The summed E-state index contributed by atoms with van der Waals surface area (Å²) in [6, 6.07) is 5.16. The lowest BCUT2D eigenvalue weighted by Gasteiger charge is -2.20. The highest BCUT2D eigenvalue weighted by atomic mass is 19.1. The molecule has 0 aliphatic carbocycles. The molecule has 0 radical (unpaired) electrons. The molecule has 1 aromatic rings. The third-order valence-corrected chi connectivity index (χ3v) is 3.26. The maximum Gasteiger partial charge on any atom is 0.126 e. The lowest BCUT2D eigenvalue weighted by molar-refractivity contribution is 0.316. The molecule has 1 unspecified atom stereocenters. The second-order valence-electron chi connectivity index (χ2n) is 4.62. The first-order valence-corrected chi connectivity index (χ1v) is 5.91. The van der Waals surface area contributed by atoms with Crippen LogP contribution in [-0.2, 0) is 0 Å². The van der Waals surface area contributed by atoms with Crippen LogP contribution in [0.4, 0.5) is 4.39 Å². The van der Waals surface area contributed by atoms with Crippen molar-refractivity contribution in [3.8, 4) is 0 Å². The molecule has 0 amide bonds. The molecule has 16 heavy (non-hydrogen) atoms. The third kappa shape index (κ3) is 2.60. The van der Waals surface area contributed by atoms with Crippen molar-refractivity contribution in [2.75, 3.05) is 19.6 Å². The summed E-state index contributed by atoms with van der Waals surface area (Å²) in [4.78, 5) is 2.38. The van der Waals surface area contributed by atoms with Gasteiger partial charge in [-0.3, -0.25) is 0 Å². The molecular weight excluding hydrogens is 203 g/mol. The summed E-state index contributed by atoms with van der Waals surface area (Å²) >= 11 is 0. The summed E-state index contributed by atoms with van der Waals surface area (Å²) in [5.41, 5.74) is 7.84. The number of nitrogens with zero attached hydrogens (tertiary/aromatic N) is 1. The van der Waals surface area contributed by atoms with Gasteiger partial charge < -0.3 is 10.6 Å². The van der Waals surface area contributed by atoms with E-state index in [1.807, 2.05) is 6.07 Å². The van der Waals surface area contributed by atoms with E-state index in [9.17, 15) is 4.39 Å². The predicted octanol–water partition coefficient (Wildman–Crippen LogP) is 2.23. The van der Waals surface area contributed by atoms with Crippen LogP contribution in [0.5, 0.6) is 0 Å². The highest BCUT2D eigenvalue weighted by Gasteiger charge is 2.16. The van der Waals surface area contributed by atoms with Crippen LogP contribution in [0, 0.1) is 12.7 Å². The fourth-order valence-corrected chi connectivity index (χ4v) is 2.25. The lowest BCUT2D eigenvalue weighted by atomic mass is 10.0. The minimum atomic E-state index is -0.155. The Labute approximate surface area is 96.2 Å². The summed E-state index contributed by atoms with van der Waals surface area (Å²) in [7, 11) is 0. The third-order valence-electron chi connectivity index (χ3n) is 3.26. The van der Waals surface area contributed by atoms with Crippen molar-refractivity contribution in [2.45, 2.75) is 25.8 Å². The first-order chi connectivity index (χ1) is 7.66. The average molecular weight is 222 g/mol. The SMILES string of the molecule is Cc1cc(C(N)CN2CCCC2)ccc1F. The highest BCUT2D eigenvalue weighted by Crippen LogP contribution is 2.18. The molecule has 2 nitrogen and oxygen atoms in total. The standard InChI is InChI=1S/C13H19FN2/c1-10-8-11(4-5-12(10)14)13(15)9-16-6-2-3-7-16/h4-5,8,13H,2-3,6-7,9,15H2,1H3. The van der Waals surface area contributed by atoms with Gasteiger partial charge in [0, 0.05) is 12.6 Å². The van der Waals surface area contributed by atoms with E-state index in [1.54, 1.807) is 13.0 Å². The Morgan fingerprint density at radius 3 is 2.69 bits per heavy atom. The Morgan fingerprint density at radius 2 is 2.06 bits per heavy atom. The summed E-state index contributed by atoms with van der Waals surface area (Å²) in [6.45, 7) is 4.95. The van der Waals surface area contributed by atoms with Crippen LogP contribution in [0.2, 0.25) is 0 Å². The summed E-state index contributed by atoms with van der Waals surface area (Å²) in [5, 5.41) is 0. The molecule has 1 atom stereocenters. The number of nitrogens with two attached hydrogens (primary N) is 1. The van der Waals surface area contributed by atoms with Gasteiger partial charge in [0.2, 0.25) is 0 Å². The van der Waals surface area contributed by atoms with Crippen LogP contribution in [0.15, 0.2) is 18.2 Å². The maximum atomic E-state index is 13.1. The van der Waals surface area contributed by atoms with Gasteiger partial charge in [-0.1, -0.05) is 12.1 Å². The topological polar surface area (TPSA) is 29.3 Å². The summed E-state index contributed by atoms with van der Waals surface area (Å²) in [5.74, 6) is -0.155. The van der Waals surface area contributed by atoms with E-state index >= 15 is 0 Å². The van der Waals surface area contributed by atoms with Crippen LogP contribution < -0.4 is 5.73 Å². The number of hydrogen-bond acceptors (Lipinski definition) is 2. The number of halogens is 1. The lowest BCUT2D eigenvalue weighted by Crippen LogP contribution is -2.29. The van der Waals surface area contributed by atoms with E-state index in [-0.39, 0.29) is 11.9 Å². The van der Waals surface area contributed by atoms with Gasteiger partial charge >= 0.3 is 0 Å². The van der Waals surface area contributed by atoms with E-state index in [1.165, 1.54) is 18.9 Å². The number of aryl methyl sites for hydroxylation is 1. The zero-order chi connectivity index (χ0) is 11.5. The Bertz CT molecular complexity index is 359. The minimum Gasteiger partial charge on any atom is -0.323 e. The number of hydrogen-bond donors (Lipinski definition) is 1. The van der Waals surface area contributed by atoms with Crippen molar-refractivity contribution in [2.24, 2.45) is 5.73 Å². The molecule has 0 saturated carbocycles. The van der Waals surface area contributed by atoms with E-state index < -0.39 is 0 Å². The van der Waals surface area contributed by atoms with E-state index in [0.29, 0.717) is 5.56 Å². The normalized spacial score (nSPS) is 18.9. The molecule has 0 aromatic heterocycles. The number of likely N-dealkylation sites (tertiary alicyclic amines) is 1. The minimum absolute atomic E-state index is 0.00241. The molecule has 0 spiro atoms. The average Bonchev–Trinajstić information content (AvgIpc) is 2.74. The molecule has 1 heterocycles. The molecule has 1 aliphatic rings. The van der Waals surface area contributed by atoms with Gasteiger partial charge in [0.25, 0.3) is 0 Å². The van der Waals surface area contributed by atoms with Crippen LogP contribution in [0.25, 0.3) is 0 Å². The van der Waals surface area contributed by atoms with Crippen LogP contribution in [0.3, 0.4) is 0 Å². The van der Waals surface area contributed by atoms with Crippen LogP contribution in [-0.4, -0.2) is 24.5 Å². The van der Waals surface area contributed by atoms with Gasteiger partial charge in [0.05, 0.1) is 0 Å². The molecule has 0 bridgehead atoms. The van der Waals surface area contributed by atoms with E-state index in [4.69, 9.17) is 5.73 Å². The first kappa shape index (κ1) is 11.6. The van der Waals surface area contributed by atoms with Crippen LogP contribution >= 0.6 is 0 Å². The van der Waals surface area contributed by atoms with Crippen LogP contribution in [0.1, 0.15) is 30.0 Å². The fraction of sp³-hybridized carbons (Fsp3) is 0.538. The Morgan fingerprint density at radius 1 is 1.38 bits per heavy atom. The first-order valence-electron chi connectivity index (χ1n) is 5.91. The Hall–Kier alpha value is -0.930. The molecule has 2 rings (SSSR count). The van der Waals surface area contributed by atoms with Crippen molar-refractivity contribution in [1.82, 2.24) is 4.90 Å². The molecular formula is C13H19FN2. The van der Waals surface area contributed by atoms with E-state index in [0.717, 1.165) is 25.2 Å². The van der Waals surface area contributed by atoms with Crippen molar-refractivity contribution in [3.63, 3.8) is 0 Å². The molecule has 2 N–H and O–H groups in total. The van der Waals surface area contributed by atoms with Gasteiger partial charge in [-0.05, 0) is 50.0 Å². The van der Waals surface area contributed by atoms with Gasteiger partial charge in [0.1, 0.15) is 5.82 Å². The zero-order valence-electron chi connectivity index (χ0n) is 9.75. The molecule has 1 saturated heterocycles. The van der Waals surface area contributed by atoms with Gasteiger partial charge in [-0.2, -0.15) is 0 Å². The van der Waals surface area contributed by atoms with E-state index in [2.05, 4.69) is 4.90 Å². The largest absolute Gasteiger partial charge is 0.323 e. The predicted molar refractivity (Wildman–Crippen MR) is 63.7 cm³/mol. The fourth-order valence-electron chi connectivity index (χ4n) is 2.25. The molecule has 1 fully saturated rings. The molecule has 3 heteroatoms. The molecule has 88 valence electrons. The summed E-state index contributed by atoms with van der Waals surface area (Å²) in [6.07, 6.45) is 2.55. The second kappa shape index (κ2) is 4.93. The van der Waals surface area contributed by atoms with Crippen molar-refractivity contribution < 1.29 is 4.39 Å². The van der Waals surface area contributed by atoms with Gasteiger partial charge in [0.15, 0.2) is 0 Å². The molecule has 1 aromatic carbocycles. The second-order valence-corrected chi connectivity index (χ2v) is 4.62. The van der Waals surface area contributed by atoms with Gasteiger partial charge in [-0.15, -0.1) is 0 Å². The Kier molecular flexibility index (Phi) is 3.56. The van der Waals surface area contributed by atoms with Crippen molar-refractivity contribution in [3.05, 3.63) is 35.1 Å². The summed E-state index contributed by atoms with van der Waals surface area (Å²) < 4.78 is 13.1. The number of benzene rings is 1. The smallest absolute Gasteiger partial charge is 0.126 e. The van der Waals surface area contributed by atoms with Crippen molar-refractivity contribution in [1.29, 1.82) is 0 Å². The Balaban J connectivity index is 2.02. The molecule has 1 aliphatic heterocycles. The highest BCUT2D eigenvalue weighted by molar-refractivity contribution is 5.26. The maximum absolute atomic E-state index is 13.1. The van der Waals surface area contributed by atoms with Gasteiger partial charge in [-0.25, -0.2) is 4.39 Å².